The Bertz CT molecular complexity index is 1220. The zero-order valence-corrected chi connectivity index (χ0v) is 19.2. The third kappa shape index (κ3) is 5.14. The lowest BCUT2D eigenvalue weighted by Gasteiger charge is -2.37. The molecule has 0 unspecified atom stereocenters. The molecule has 0 bridgehead atoms. The predicted molar refractivity (Wildman–Crippen MR) is 126 cm³/mol. The lowest BCUT2D eigenvalue weighted by Crippen LogP contribution is -2.46. The van der Waals surface area contributed by atoms with Gasteiger partial charge in [0.05, 0.1) is 11.7 Å². The third-order valence-corrected chi connectivity index (χ3v) is 6.07. The lowest BCUT2D eigenvalue weighted by molar-refractivity contribution is 0.0933. The number of amides is 1. The van der Waals surface area contributed by atoms with Gasteiger partial charge < -0.3 is 15.1 Å². The van der Waals surface area contributed by atoms with Crippen molar-refractivity contribution in [2.24, 2.45) is 0 Å². The first-order valence-corrected chi connectivity index (χ1v) is 11.3. The minimum Gasteiger partial charge on any atom is -0.369 e. The van der Waals surface area contributed by atoms with E-state index < -0.39 is 23.3 Å². The number of piperazine rings is 1. The minimum absolute atomic E-state index is 0.0188. The predicted octanol–water partition coefficient (Wildman–Crippen LogP) is 3.14. The van der Waals surface area contributed by atoms with Crippen molar-refractivity contribution in [1.82, 2.24) is 20.0 Å². The highest BCUT2D eigenvalue weighted by molar-refractivity contribution is 5.92. The van der Waals surface area contributed by atoms with Crippen molar-refractivity contribution in [2.75, 3.05) is 37.6 Å². The van der Waals surface area contributed by atoms with E-state index in [1.54, 1.807) is 13.0 Å². The SMILES string of the molecule is CCN1CCN(c2ccc(F)cc2[C@@H](C)NC(=O)c2ccc(=O)n(-c3ccc(F)cc3)n2)CC1. The molecule has 1 atom stereocenters. The van der Waals surface area contributed by atoms with Crippen molar-refractivity contribution in [3.63, 3.8) is 0 Å². The molecule has 1 N–H and O–H groups in total. The Morgan fingerprint density at radius 1 is 1.00 bits per heavy atom. The van der Waals surface area contributed by atoms with Gasteiger partial charge in [-0.2, -0.15) is 9.78 Å². The molecule has 4 rings (SSSR count). The maximum absolute atomic E-state index is 14.1. The van der Waals surface area contributed by atoms with Crippen LogP contribution >= 0.6 is 0 Å². The van der Waals surface area contributed by atoms with Crippen LogP contribution in [0.2, 0.25) is 0 Å². The van der Waals surface area contributed by atoms with Gasteiger partial charge in [0.25, 0.3) is 11.5 Å². The Hall–Kier alpha value is -3.59. The number of anilines is 1. The van der Waals surface area contributed by atoms with Crippen LogP contribution in [0, 0.1) is 11.6 Å². The molecule has 0 radical (unpaired) electrons. The smallest absolute Gasteiger partial charge is 0.272 e. The summed E-state index contributed by atoms with van der Waals surface area (Å²) in [6, 6.07) is 11.9. The van der Waals surface area contributed by atoms with Crippen molar-refractivity contribution in [2.45, 2.75) is 19.9 Å². The molecule has 0 aliphatic carbocycles. The lowest BCUT2D eigenvalue weighted by atomic mass is 10.0. The maximum Gasteiger partial charge on any atom is 0.272 e. The van der Waals surface area contributed by atoms with Crippen LogP contribution in [0.4, 0.5) is 14.5 Å². The van der Waals surface area contributed by atoms with Gasteiger partial charge in [0, 0.05) is 43.5 Å². The van der Waals surface area contributed by atoms with Crippen LogP contribution in [0.3, 0.4) is 0 Å². The normalized spacial score (nSPS) is 15.2. The van der Waals surface area contributed by atoms with Gasteiger partial charge in [-0.1, -0.05) is 6.92 Å². The molecule has 9 heteroatoms. The molecule has 178 valence electrons. The number of carbonyl (C=O) groups is 1. The average Bonchev–Trinajstić information content (AvgIpc) is 2.85. The summed E-state index contributed by atoms with van der Waals surface area (Å²) in [6.45, 7) is 8.38. The van der Waals surface area contributed by atoms with E-state index in [1.807, 2.05) is 0 Å². The van der Waals surface area contributed by atoms with Crippen molar-refractivity contribution in [3.05, 3.63) is 87.8 Å². The second-order valence-electron chi connectivity index (χ2n) is 8.26. The second-order valence-corrected chi connectivity index (χ2v) is 8.26. The molecular formula is C25H27F2N5O2. The number of nitrogens with zero attached hydrogens (tertiary/aromatic N) is 4. The molecule has 2 aromatic carbocycles. The van der Waals surface area contributed by atoms with Gasteiger partial charge in [-0.15, -0.1) is 0 Å². The molecule has 1 saturated heterocycles. The summed E-state index contributed by atoms with van der Waals surface area (Å²) >= 11 is 0. The number of nitrogens with one attached hydrogen (secondary N) is 1. The quantitative estimate of drug-likeness (QED) is 0.603. The van der Waals surface area contributed by atoms with E-state index in [9.17, 15) is 18.4 Å². The van der Waals surface area contributed by atoms with Crippen LogP contribution < -0.4 is 15.8 Å². The van der Waals surface area contributed by atoms with Crippen LogP contribution in [0.25, 0.3) is 5.69 Å². The van der Waals surface area contributed by atoms with Crippen LogP contribution in [0.1, 0.15) is 35.9 Å². The summed E-state index contributed by atoms with van der Waals surface area (Å²) in [6.07, 6.45) is 0. The highest BCUT2D eigenvalue weighted by Gasteiger charge is 2.22. The second kappa shape index (κ2) is 10.1. The molecule has 3 aromatic rings. The highest BCUT2D eigenvalue weighted by Crippen LogP contribution is 2.28. The van der Waals surface area contributed by atoms with Crippen molar-refractivity contribution in [3.8, 4) is 5.69 Å². The first-order valence-electron chi connectivity index (χ1n) is 11.3. The van der Waals surface area contributed by atoms with Gasteiger partial charge in [0.15, 0.2) is 0 Å². The van der Waals surface area contributed by atoms with E-state index in [0.29, 0.717) is 11.3 Å². The van der Waals surface area contributed by atoms with Crippen LogP contribution in [-0.2, 0) is 0 Å². The van der Waals surface area contributed by atoms with Crippen molar-refractivity contribution < 1.29 is 13.6 Å². The van der Waals surface area contributed by atoms with Crippen molar-refractivity contribution in [1.29, 1.82) is 0 Å². The van der Waals surface area contributed by atoms with Crippen LogP contribution in [0.5, 0.6) is 0 Å². The molecule has 0 saturated carbocycles. The van der Waals surface area contributed by atoms with Gasteiger partial charge in [-0.25, -0.2) is 8.78 Å². The number of carbonyl (C=O) groups excluding carboxylic acids is 1. The van der Waals surface area contributed by atoms with Gasteiger partial charge >= 0.3 is 0 Å². The summed E-state index contributed by atoms with van der Waals surface area (Å²) in [5, 5.41) is 7.01. The number of aromatic nitrogens is 2. The first-order chi connectivity index (χ1) is 16.4. The molecule has 7 nitrogen and oxygen atoms in total. The highest BCUT2D eigenvalue weighted by atomic mass is 19.1. The number of hydrogen-bond donors (Lipinski definition) is 1. The van der Waals surface area contributed by atoms with Gasteiger partial charge in [0.2, 0.25) is 0 Å². The fraction of sp³-hybridized carbons (Fsp3) is 0.320. The molecule has 0 spiro atoms. The minimum atomic E-state index is -0.505. The molecule has 1 aliphatic heterocycles. The summed E-state index contributed by atoms with van der Waals surface area (Å²) in [4.78, 5) is 29.8. The first kappa shape index (κ1) is 23.6. The average molecular weight is 468 g/mol. The molecule has 1 fully saturated rings. The van der Waals surface area contributed by atoms with E-state index in [4.69, 9.17) is 0 Å². The van der Waals surface area contributed by atoms with E-state index >= 15 is 0 Å². The van der Waals surface area contributed by atoms with Crippen molar-refractivity contribution >= 4 is 11.6 Å². The number of hydrogen-bond acceptors (Lipinski definition) is 5. The number of benzene rings is 2. The van der Waals surface area contributed by atoms with Crippen LogP contribution in [-0.4, -0.2) is 53.3 Å². The summed E-state index contributed by atoms with van der Waals surface area (Å²) in [7, 11) is 0. The van der Waals surface area contributed by atoms with Gasteiger partial charge in [0.1, 0.15) is 17.3 Å². The molecule has 34 heavy (non-hydrogen) atoms. The number of halogens is 2. The number of rotatable bonds is 6. The molecular weight excluding hydrogens is 440 g/mol. The third-order valence-electron chi connectivity index (χ3n) is 6.07. The molecule has 1 aromatic heterocycles. The monoisotopic (exact) mass is 467 g/mol. The Balaban J connectivity index is 1.55. The fourth-order valence-corrected chi connectivity index (χ4v) is 4.11. The fourth-order valence-electron chi connectivity index (χ4n) is 4.11. The Labute approximate surface area is 196 Å². The zero-order chi connectivity index (χ0) is 24.2. The van der Waals surface area contributed by atoms with E-state index in [0.717, 1.165) is 43.1 Å². The molecule has 1 amide bonds. The van der Waals surface area contributed by atoms with E-state index in [1.165, 1.54) is 48.5 Å². The largest absolute Gasteiger partial charge is 0.369 e. The van der Waals surface area contributed by atoms with Gasteiger partial charge in [-0.3, -0.25) is 9.59 Å². The Morgan fingerprint density at radius 3 is 2.35 bits per heavy atom. The van der Waals surface area contributed by atoms with Gasteiger partial charge in [-0.05, 0) is 62.0 Å². The summed E-state index contributed by atoms with van der Waals surface area (Å²) < 4.78 is 28.4. The van der Waals surface area contributed by atoms with E-state index in [-0.39, 0.29) is 11.5 Å². The van der Waals surface area contributed by atoms with E-state index in [2.05, 4.69) is 27.1 Å². The van der Waals surface area contributed by atoms with Crippen LogP contribution in [0.15, 0.2) is 59.4 Å². The zero-order valence-electron chi connectivity index (χ0n) is 19.2. The molecule has 2 heterocycles. The Morgan fingerprint density at radius 2 is 1.68 bits per heavy atom. The summed E-state index contributed by atoms with van der Waals surface area (Å²) in [5.41, 5.74) is 1.47. The topological polar surface area (TPSA) is 70.5 Å². The maximum atomic E-state index is 14.1. The standard InChI is InChI=1S/C25H27F2N5O2/c1-3-30-12-14-31(15-13-30)23-10-6-19(27)16-21(23)17(2)28-25(34)22-9-11-24(33)32(29-22)20-7-4-18(26)5-8-20/h4-11,16-17H,3,12-15H2,1-2H3,(H,28,34)/t17-/m1/s1. The number of likely N-dealkylation sites (N-methyl/N-ethyl adjacent to an activating group) is 1. The Kier molecular flexibility index (Phi) is 7.02. The molecule has 1 aliphatic rings. The summed E-state index contributed by atoms with van der Waals surface area (Å²) in [5.74, 6) is -1.33.